The standard InChI is InChI=1S/C31H30N2O3/c1-2-36-28-18-16-26(17-19-28)23-29(33-21-10-9-15-30(33)34)31(35)32(24-27-13-7-4-8-14-27)22-20-25-11-5-3-6-12-25/h3-19,21,23H,2,20,22,24H2,1H3/b29-23+. The molecular formula is C31H30N2O3. The molecule has 0 unspecified atom stereocenters. The minimum atomic E-state index is -0.259. The van der Waals surface area contributed by atoms with Crippen LogP contribution in [0.25, 0.3) is 11.8 Å². The average Bonchev–Trinajstić information content (AvgIpc) is 2.92. The number of hydrogen-bond donors (Lipinski definition) is 0. The summed E-state index contributed by atoms with van der Waals surface area (Å²) in [5.41, 5.74) is 3.02. The smallest absolute Gasteiger partial charge is 0.271 e. The highest BCUT2D eigenvalue weighted by Gasteiger charge is 2.21. The van der Waals surface area contributed by atoms with Crippen molar-refractivity contribution in [2.75, 3.05) is 13.2 Å². The number of pyridine rings is 1. The van der Waals surface area contributed by atoms with Gasteiger partial charge in [0.15, 0.2) is 0 Å². The molecule has 0 N–H and O–H groups in total. The van der Waals surface area contributed by atoms with Gasteiger partial charge in [0.25, 0.3) is 11.5 Å². The summed E-state index contributed by atoms with van der Waals surface area (Å²) >= 11 is 0. The van der Waals surface area contributed by atoms with Gasteiger partial charge in [0.05, 0.1) is 6.61 Å². The minimum absolute atomic E-state index is 0.211. The zero-order valence-corrected chi connectivity index (χ0v) is 20.4. The predicted octanol–water partition coefficient (Wildman–Crippen LogP) is 5.52. The van der Waals surface area contributed by atoms with Crippen molar-refractivity contribution >= 4 is 17.7 Å². The van der Waals surface area contributed by atoms with Gasteiger partial charge >= 0.3 is 0 Å². The second kappa shape index (κ2) is 12.4. The van der Waals surface area contributed by atoms with Crippen LogP contribution < -0.4 is 10.3 Å². The van der Waals surface area contributed by atoms with E-state index in [2.05, 4.69) is 12.1 Å². The Kier molecular flexibility index (Phi) is 8.49. The third kappa shape index (κ3) is 6.60. The third-order valence-corrected chi connectivity index (χ3v) is 5.81. The summed E-state index contributed by atoms with van der Waals surface area (Å²) in [4.78, 5) is 28.7. The number of benzene rings is 3. The summed E-state index contributed by atoms with van der Waals surface area (Å²) in [5, 5.41) is 0. The number of carbonyl (C=O) groups excluding carboxylic acids is 1. The zero-order valence-electron chi connectivity index (χ0n) is 20.4. The van der Waals surface area contributed by atoms with Crippen molar-refractivity contribution in [3.05, 3.63) is 136 Å². The summed E-state index contributed by atoms with van der Waals surface area (Å²) < 4.78 is 6.96. The van der Waals surface area contributed by atoms with Gasteiger partial charge in [-0.1, -0.05) is 78.9 Å². The molecule has 182 valence electrons. The quantitative estimate of drug-likeness (QED) is 0.282. The van der Waals surface area contributed by atoms with Gasteiger partial charge in [-0.2, -0.15) is 0 Å². The molecular weight excluding hydrogens is 448 g/mol. The van der Waals surface area contributed by atoms with E-state index in [9.17, 15) is 9.59 Å². The molecule has 0 bridgehead atoms. The Morgan fingerprint density at radius 3 is 2.11 bits per heavy atom. The summed E-state index contributed by atoms with van der Waals surface area (Å²) in [6.07, 6.45) is 4.11. The van der Waals surface area contributed by atoms with Crippen molar-refractivity contribution < 1.29 is 9.53 Å². The maximum absolute atomic E-state index is 14.1. The highest BCUT2D eigenvalue weighted by molar-refractivity contribution is 6.18. The fourth-order valence-electron chi connectivity index (χ4n) is 3.97. The van der Waals surface area contributed by atoms with Crippen LogP contribution in [0, 0.1) is 0 Å². The van der Waals surface area contributed by atoms with Crippen molar-refractivity contribution in [1.29, 1.82) is 0 Å². The topological polar surface area (TPSA) is 51.5 Å². The molecule has 0 saturated carbocycles. The molecule has 1 heterocycles. The number of amides is 1. The van der Waals surface area contributed by atoms with Gasteiger partial charge in [-0.25, -0.2) is 0 Å². The molecule has 5 nitrogen and oxygen atoms in total. The molecule has 0 aliphatic carbocycles. The molecule has 5 heteroatoms. The molecule has 36 heavy (non-hydrogen) atoms. The van der Waals surface area contributed by atoms with Crippen LogP contribution in [0.2, 0.25) is 0 Å². The largest absolute Gasteiger partial charge is 0.494 e. The molecule has 0 aliphatic rings. The molecule has 0 fully saturated rings. The molecule has 3 aromatic carbocycles. The molecule has 1 aromatic heterocycles. The van der Waals surface area contributed by atoms with E-state index in [1.807, 2.05) is 84.6 Å². The van der Waals surface area contributed by atoms with Gasteiger partial charge in [0.2, 0.25) is 0 Å². The molecule has 4 aromatic rings. The lowest BCUT2D eigenvalue weighted by atomic mass is 10.1. The summed E-state index contributed by atoms with van der Waals surface area (Å²) in [5.74, 6) is 0.546. The van der Waals surface area contributed by atoms with E-state index in [1.165, 1.54) is 10.6 Å². The molecule has 4 rings (SSSR count). The van der Waals surface area contributed by atoms with Crippen LogP contribution in [-0.2, 0) is 17.8 Å². The van der Waals surface area contributed by atoms with Gasteiger partial charge in [-0.15, -0.1) is 0 Å². The maximum atomic E-state index is 14.1. The van der Waals surface area contributed by atoms with Crippen molar-refractivity contribution in [2.24, 2.45) is 0 Å². The number of nitrogens with zero attached hydrogens (tertiary/aromatic N) is 2. The molecule has 0 spiro atoms. The molecule has 0 saturated heterocycles. The second-order valence-corrected chi connectivity index (χ2v) is 8.39. The van der Waals surface area contributed by atoms with E-state index in [0.717, 1.165) is 22.4 Å². The molecule has 0 atom stereocenters. The second-order valence-electron chi connectivity index (χ2n) is 8.39. The maximum Gasteiger partial charge on any atom is 0.271 e. The van der Waals surface area contributed by atoms with Gasteiger partial charge in [0, 0.05) is 25.4 Å². The first-order valence-corrected chi connectivity index (χ1v) is 12.1. The van der Waals surface area contributed by atoms with E-state index in [0.29, 0.717) is 31.8 Å². The number of ether oxygens (including phenoxy) is 1. The predicted molar refractivity (Wildman–Crippen MR) is 144 cm³/mol. The van der Waals surface area contributed by atoms with Crippen LogP contribution in [0.1, 0.15) is 23.6 Å². The van der Waals surface area contributed by atoms with Crippen LogP contribution in [-0.4, -0.2) is 28.5 Å². The van der Waals surface area contributed by atoms with E-state index in [4.69, 9.17) is 4.74 Å². The van der Waals surface area contributed by atoms with Crippen LogP contribution in [0.3, 0.4) is 0 Å². The Bertz CT molecular complexity index is 1340. The summed E-state index contributed by atoms with van der Waals surface area (Å²) in [6, 6.07) is 32.4. The van der Waals surface area contributed by atoms with Crippen molar-refractivity contribution in [3.8, 4) is 5.75 Å². The van der Waals surface area contributed by atoms with Gasteiger partial charge < -0.3 is 9.64 Å². The Morgan fingerprint density at radius 1 is 0.833 bits per heavy atom. The Balaban J connectivity index is 1.71. The van der Waals surface area contributed by atoms with Crippen LogP contribution in [0.15, 0.2) is 114 Å². The highest BCUT2D eigenvalue weighted by Crippen LogP contribution is 2.19. The van der Waals surface area contributed by atoms with Crippen molar-refractivity contribution in [2.45, 2.75) is 19.9 Å². The Labute approximate surface area is 211 Å². The molecule has 0 radical (unpaired) electrons. The van der Waals surface area contributed by atoms with Gasteiger partial charge in [-0.3, -0.25) is 14.2 Å². The van der Waals surface area contributed by atoms with E-state index >= 15 is 0 Å². The Morgan fingerprint density at radius 2 is 1.47 bits per heavy atom. The molecule has 1 amide bonds. The average molecular weight is 479 g/mol. The number of hydrogen-bond acceptors (Lipinski definition) is 3. The SMILES string of the molecule is CCOc1ccc(/C=C(\C(=O)N(CCc2ccccc2)Cc2ccccc2)n2ccccc2=O)cc1. The number of carbonyl (C=O) groups is 1. The Hall–Kier alpha value is -4.38. The van der Waals surface area contributed by atoms with Crippen LogP contribution in [0.4, 0.5) is 0 Å². The fraction of sp³-hybridized carbons (Fsp3) is 0.161. The van der Waals surface area contributed by atoms with Gasteiger partial charge in [-0.05, 0) is 54.3 Å². The lowest BCUT2D eigenvalue weighted by Gasteiger charge is -2.25. The minimum Gasteiger partial charge on any atom is -0.494 e. The van der Waals surface area contributed by atoms with Crippen molar-refractivity contribution in [1.82, 2.24) is 9.47 Å². The lowest BCUT2D eigenvalue weighted by Crippen LogP contribution is -2.36. The highest BCUT2D eigenvalue weighted by atomic mass is 16.5. The first-order valence-electron chi connectivity index (χ1n) is 12.1. The van der Waals surface area contributed by atoms with E-state index in [1.54, 1.807) is 24.4 Å². The third-order valence-electron chi connectivity index (χ3n) is 5.81. The fourth-order valence-corrected chi connectivity index (χ4v) is 3.97. The first kappa shape index (κ1) is 24.7. The zero-order chi connectivity index (χ0) is 25.2. The number of rotatable bonds is 10. The van der Waals surface area contributed by atoms with Gasteiger partial charge in [0.1, 0.15) is 11.4 Å². The summed E-state index contributed by atoms with van der Waals surface area (Å²) in [7, 11) is 0. The van der Waals surface area contributed by atoms with Crippen molar-refractivity contribution in [3.63, 3.8) is 0 Å². The lowest BCUT2D eigenvalue weighted by molar-refractivity contribution is -0.126. The van der Waals surface area contributed by atoms with Crippen LogP contribution >= 0.6 is 0 Å². The number of aromatic nitrogens is 1. The first-order chi connectivity index (χ1) is 17.6. The summed E-state index contributed by atoms with van der Waals surface area (Å²) in [6.45, 7) is 3.46. The monoisotopic (exact) mass is 478 g/mol. The van der Waals surface area contributed by atoms with Crippen LogP contribution in [0.5, 0.6) is 5.75 Å². The van der Waals surface area contributed by atoms with E-state index < -0.39 is 0 Å². The van der Waals surface area contributed by atoms with E-state index in [-0.39, 0.29) is 11.5 Å². The molecule has 0 aliphatic heterocycles. The normalized spacial score (nSPS) is 11.2.